The van der Waals surface area contributed by atoms with Gasteiger partial charge in [-0.3, -0.25) is 0 Å². The van der Waals surface area contributed by atoms with Crippen LogP contribution in [0.3, 0.4) is 0 Å². The third kappa shape index (κ3) is 2.50. The fraction of sp³-hybridized carbons (Fsp3) is 0.500. The van der Waals surface area contributed by atoms with Gasteiger partial charge in [0.2, 0.25) is 0 Å². The van der Waals surface area contributed by atoms with Gasteiger partial charge in [-0.05, 0) is 37.0 Å². The number of nitrogens with zero attached hydrogens (tertiary/aromatic N) is 1. The SMILES string of the molecule is Cc1cc(C)c2nc(CC(N)C(C)C)[nH]c2c1. The highest BCUT2D eigenvalue weighted by Crippen LogP contribution is 2.19. The van der Waals surface area contributed by atoms with E-state index < -0.39 is 0 Å². The number of nitrogens with two attached hydrogens (primary N) is 1. The first-order valence-corrected chi connectivity index (χ1v) is 6.19. The number of hydrogen-bond donors (Lipinski definition) is 2. The van der Waals surface area contributed by atoms with Crippen LogP contribution < -0.4 is 5.73 Å². The van der Waals surface area contributed by atoms with Crippen LogP contribution >= 0.6 is 0 Å². The standard InChI is InChI=1S/C14H21N3/c1-8(2)11(15)7-13-16-12-6-9(3)5-10(4)14(12)17-13/h5-6,8,11H,7,15H2,1-4H3,(H,16,17). The van der Waals surface area contributed by atoms with Gasteiger partial charge in [-0.2, -0.15) is 0 Å². The van der Waals surface area contributed by atoms with Gasteiger partial charge in [0.1, 0.15) is 5.82 Å². The van der Waals surface area contributed by atoms with Crippen LogP contribution in [0, 0.1) is 19.8 Å². The molecule has 2 rings (SSSR count). The number of aromatic amines is 1. The van der Waals surface area contributed by atoms with Gasteiger partial charge in [0.25, 0.3) is 0 Å². The van der Waals surface area contributed by atoms with Crippen LogP contribution in [0.1, 0.15) is 30.8 Å². The van der Waals surface area contributed by atoms with Crippen molar-refractivity contribution >= 4 is 11.0 Å². The summed E-state index contributed by atoms with van der Waals surface area (Å²) in [6.45, 7) is 8.49. The van der Waals surface area contributed by atoms with E-state index >= 15 is 0 Å². The van der Waals surface area contributed by atoms with Crippen molar-refractivity contribution in [2.75, 3.05) is 0 Å². The zero-order chi connectivity index (χ0) is 12.6. The second kappa shape index (κ2) is 4.49. The maximum atomic E-state index is 6.08. The minimum absolute atomic E-state index is 0.164. The number of hydrogen-bond acceptors (Lipinski definition) is 2. The number of aromatic nitrogens is 2. The molecule has 17 heavy (non-hydrogen) atoms. The molecular weight excluding hydrogens is 210 g/mol. The number of nitrogens with one attached hydrogen (secondary N) is 1. The molecule has 0 spiro atoms. The molecule has 3 heteroatoms. The van der Waals surface area contributed by atoms with Crippen LogP contribution in [0.4, 0.5) is 0 Å². The van der Waals surface area contributed by atoms with E-state index in [2.05, 4.69) is 49.8 Å². The van der Waals surface area contributed by atoms with E-state index in [9.17, 15) is 0 Å². The molecule has 2 aromatic rings. The minimum atomic E-state index is 0.164. The number of aryl methyl sites for hydroxylation is 2. The molecule has 1 heterocycles. The van der Waals surface area contributed by atoms with Gasteiger partial charge in [0.05, 0.1) is 11.0 Å². The van der Waals surface area contributed by atoms with Gasteiger partial charge in [-0.25, -0.2) is 4.98 Å². The zero-order valence-corrected chi connectivity index (χ0v) is 11.0. The monoisotopic (exact) mass is 231 g/mol. The first-order valence-electron chi connectivity index (χ1n) is 6.19. The Morgan fingerprint density at radius 1 is 1.29 bits per heavy atom. The van der Waals surface area contributed by atoms with Gasteiger partial charge >= 0.3 is 0 Å². The maximum Gasteiger partial charge on any atom is 0.108 e. The lowest BCUT2D eigenvalue weighted by molar-refractivity contribution is 0.483. The molecule has 1 unspecified atom stereocenters. The van der Waals surface area contributed by atoms with Gasteiger partial charge < -0.3 is 10.7 Å². The van der Waals surface area contributed by atoms with Crippen LogP contribution in [0.25, 0.3) is 11.0 Å². The molecule has 0 bridgehead atoms. The average molecular weight is 231 g/mol. The molecule has 0 radical (unpaired) electrons. The van der Waals surface area contributed by atoms with Crippen molar-refractivity contribution in [3.05, 3.63) is 29.1 Å². The summed E-state index contributed by atoms with van der Waals surface area (Å²) in [7, 11) is 0. The molecule has 1 atom stereocenters. The Balaban J connectivity index is 2.35. The molecule has 0 saturated carbocycles. The highest BCUT2D eigenvalue weighted by atomic mass is 14.9. The smallest absolute Gasteiger partial charge is 0.108 e. The third-order valence-corrected chi connectivity index (χ3v) is 3.26. The average Bonchev–Trinajstić information content (AvgIpc) is 2.60. The van der Waals surface area contributed by atoms with Crippen LogP contribution in [-0.4, -0.2) is 16.0 Å². The fourth-order valence-corrected chi connectivity index (χ4v) is 2.08. The molecule has 0 aliphatic carbocycles. The third-order valence-electron chi connectivity index (χ3n) is 3.26. The normalized spacial score (nSPS) is 13.5. The second-order valence-electron chi connectivity index (χ2n) is 5.27. The number of fused-ring (bicyclic) bond motifs is 1. The number of rotatable bonds is 3. The van der Waals surface area contributed by atoms with Gasteiger partial charge in [0.15, 0.2) is 0 Å². The molecule has 3 N–H and O–H groups in total. The second-order valence-corrected chi connectivity index (χ2v) is 5.27. The largest absolute Gasteiger partial charge is 0.342 e. The molecule has 0 fully saturated rings. The van der Waals surface area contributed by atoms with Crippen molar-refractivity contribution < 1.29 is 0 Å². The van der Waals surface area contributed by atoms with E-state index in [4.69, 9.17) is 5.73 Å². The Morgan fingerprint density at radius 2 is 2.00 bits per heavy atom. The summed E-state index contributed by atoms with van der Waals surface area (Å²) in [5, 5.41) is 0. The van der Waals surface area contributed by atoms with Crippen molar-refractivity contribution in [3.63, 3.8) is 0 Å². The highest BCUT2D eigenvalue weighted by molar-refractivity contribution is 5.79. The summed E-state index contributed by atoms with van der Waals surface area (Å²) in [4.78, 5) is 8.01. The van der Waals surface area contributed by atoms with Gasteiger partial charge in [-0.1, -0.05) is 19.9 Å². The summed E-state index contributed by atoms with van der Waals surface area (Å²) in [5.41, 5.74) is 10.8. The zero-order valence-electron chi connectivity index (χ0n) is 11.0. The Bertz CT molecular complexity index is 525. The molecule has 3 nitrogen and oxygen atoms in total. The van der Waals surface area contributed by atoms with E-state index in [1.807, 2.05) is 0 Å². The predicted octanol–water partition coefficient (Wildman–Crippen LogP) is 2.71. The Morgan fingerprint density at radius 3 is 2.65 bits per heavy atom. The predicted molar refractivity (Wildman–Crippen MR) is 72.1 cm³/mol. The molecule has 92 valence electrons. The van der Waals surface area contributed by atoms with E-state index in [1.54, 1.807) is 0 Å². The minimum Gasteiger partial charge on any atom is -0.342 e. The lowest BCUT2D eigenvalue weighted by atomic mass is 10.0. The van der Waals surface area contributed by atoms with Crippen molar-refractivity contribution in [3.8, 4) is 0 Å². The first-order chi connectivity index (χ1) is 7.97. The Hall–Kier alpha value is -1.35. The van der Waals surface area contributed by atoms with E-state index in [-0.39, 0.29) is 6.04 Å². The lowest BCUT2D eigenvalue weighted by Crippen LogP contribution is -2.29. The maximum absolute atomic E-state index is 6.08. The van der Waals surface area contributed by atoms with Crippen LogP contribution in [-0.2, 0) is 6.42 Å². The summed E-state index contributed by atoms with van der Waals surface area (Å²) in [6, 6.07) is 4.46. The van der Waals surface area contributed by atoms with E-state index in [0.717, 1.165) is 23.3 Å². The van der Waals surface area contributed by atoms with Crippen LogP contribution in [0.15, 0.2) is 12.1 Å². The highest BCUT2D eigenvalue weighted by Gasteiger charge is 2.12. The molecule has 0 aliphatic heterocycles. The summed E-state index contributed by atoms with van der Waals surface area (Å²) in [5.74, 6) is 1.47. The molecule has 0 amide bonds. The molecular formula is C14H21N3. The molecule has 1 aromatic heterocycles. The van der Waals surface area contributed by atoms with Gasteiger partial charge in [-0.15, -0.1) is 0 Å². The van der Waals surface area contributed by atoms with E-state index in [0.29, 0.717) is 5.92 Å². The number of imidazole rings is 1. The first kappa shape index (κ1) is 12.1. The Kier molecular flexibility index (Phi) is 3.20. The van der Waals surface area contributed by atoms with Crippen molar-refractivity contribution in [2.45, 2.75) is 40.2 Å². The summed E-state index contributed by atoms with van der Waals surface area (Å²) >= 11 is 0. The van der Waals surface area contributed by atoms with Crippen LogP contribution in [0.5, 0.6) is 0 Å². The van der Waals surface area contributed by atoms with Crippen molar-refractivity contribution in [1.82, 2.24) is 9.97 Å². The molecule has 0 saturated heterocycles. The number of H-pyrrole nitrogens is 1. The van der Waals surface area contributed by atoms with Crippen molar-refractivity contribution in [1.29, 1.82) is 0 Å². The fourth-order valence-electron chi connectivity index (χ4n) is 2.08. The summed E-state index contributed by atoms with van der Waals surface area (Å²) < 4.78 is 0. The topological polar surface area (TPSA) is 54.7 Å². The van der Waals surface area contributed by atoms with Crippen molar-refractivity contribution in [2.24, 2.45) is 11.7 Å². The van der Waals surface area contributed by atoms with E-state index in [1.165, 1.54) is 11.1 Å². The Labute approximate surface area is 102 Å². The van der Waals surface area contributed by atoms with Crippen LogP contribution in [0.2, 0.25) is 0 Å². The molecule has 0 aliphatic rings. The lowest BCUT2D eigenvalue weighted by Gasteiger charge is -2.13. The van der Waals surface area contributed by atoms with Gasteiger partial charge in [0, 0.05) is 12.5 Å². The quantitative estimate of drug-likeness (QED) is 0.853. The molecule has 1 aromatic carbocycles. The number of benzene rings is 1. The summed E-state index contributed by atoms with van der Waals surface area (Å²) in [6.07, 6.45) is 0.810.